The summed E-state index contributed by atoms with van der Waals surface area (Å²) in [4.78, 5) is 29.1. The van der Waals surface area contributed by atoms with Gasteiger partial charge in [0, 0.05) is 31.2 Å². The zero-order valence-corrected chi connectivity index (χ0v) is 19.9. The van der Waals surface area contributed by atoms with Gasteiger partial charge in [-0.25, -0.2) is 13.4 Å². The molecule has 1 amide bonds. The van der Waals surface area contributed by atoms with Crippen LogP contribution in [0.4, 0.5) is 5.82 Å². The monoisotopic (exact) mass is 474 g/mol. The first-order chi connectivity index (χ1) is 15.2. The van der Waals surface area contributed by atoms with E-state index in [0.29, 0.717) is 23.4 Å². The molecular formula is C22H26N4O4S2. The molecule has 0 spiro atoms. The molecule has 32 heavy (non-hydrogen) atoms. The fourth-order valence-corrected chi connectivity index (χ4v) is 6.57. The molecule has 170 valence electrons. The Balaban J connectivity index is 1.46. The molecule has 1 N–H and O–H groups in total. The van der Waals surface area contributed by atoms with Crippen LogP contribution in [0.15, 0.2) is 46.2 Å². The number of sulfonamides is 1. The zero-order valence-electron chi connectivity index (χ0n) is 18.2. The van der Waals surface area contributed by atoms with Crippen molar-refractivity contribution in [2.45, 2.75) is 44.6 Å². The second-order valence-corrected chi connectivity index (χ2v) is 11.3. The van der Waals surface area contributed by atoms with Gasteiger partial charge in [0.1, 0.15) is 5.82 Å². The fraction of sp³-hybridized carbons (Fsp3) is 0.409. The summed E-state index contributed by atoms with van der Waals surface area (Å²) in [7, 11) is -3.71. The van der Waals surface area contributed by atoms with Crippen LogP contribution in [0.3, 0.4) is 0 Å². The standard InChI is InChI=1S/C22H26N4O4S2/c1-14(2)26-18-6-5-17(12-19(18)31-22(26)28)32(29,30)25-10-8-16(9-11-25)21(27)24-20-7-4-15(3)13-23-20/h4-7,12-14,16H,8-11H2,1-3H3,(H,23,24,27). The first-order valence-electron chi connectivity index (χ1n) is 10.6. The first-order valence-corrected chi connectivity index (χ1v) is 12.8. The molecule has 0 unspecified atom stereocenters. The number of aryl methyl sites for hydroxylation is 1. The first kappa shape index (κ1) is 22.6. The Labute approximate surface area is 190 Å². The predicted molar refractivity (Wildman–Crippen MR) is 126 cm³/mol. The quantitative estimate of drug-likeness (QED) is 0.611. The smallest absolute Gasteiger partial charge is 0.308 e. The normalized spacial score (nSPS) is 16.0. The number of fused-ring (bicyclic) bond motifs is 1. The zero-order chi connectivity index (χ0) is 23.0. The topological polar surface area (TPSA) is 101 Å². The SMILES string of the molecule is Cc1ccc(NC(=O)C2CCN(S(=O)(=O)c3ccc4c(c3)sc(=O)n4C(C)C)CC2)nc1. The summed E-state index contributed by atoms with van der Waals surface area (Å²) in [5, 5.41) is 2.81. The third-order valence-corrected chi connectivity index (χ3v) is 8.54. The lowest BCUT2D eigenvalue weighted by Crippen LogP contribution is -2.41. The van der Waals surface area contributed by atoms with Gasteiger partial charge in [-0.05, 0) is 63.4 Å². The van der Waals surface area contributed by atoms with Crippen molar-refractivity contribution in [3.8, 4) is 0 Å². The number of carbonyl (C=O) groups is 1. The maximum absolute atomic E-state index is 13.2. The Morgan fingerprint density at radius 1 is 1.19 bits per heavy atom. The molecule has 0 atom stereocenters. The van der Waals surface area contributed by atoms with Gasteiger partial charge in [0.25, 0.3) is 0 Å². The van der Waals surface area contributed by atoms with E-state index in [0.717, 1.165) is 22.4 Å². The molecule has 1 saturated heterocycles. The molecule has 3 heterocycles. The van der Waals surface area contributed by atoms with Crippen molar-refractivity contribution in [2.24, 2.45) is 5.92 Å². The number of benzene rings is 1. The lowest BCUT2D eigenvalue weighted by molar-refractivity contribution is -0.120. The summed E-state index contributed by atoms with van der Waals surface area (Å²) < 4.78 is 30.1. The minimum atomic E-state index is -3.71. The summed E-state index contributed by atoms with van der Waals surface area (Å²) >= 11 is 1.06. The molecule has 0 saturated carbocycles. The van der Waals surface area contributed by atoms with E-state index < -0.39 is 10.0 Å². The van der Waals surface area contributed by atoms with Gasteiger partial charge < -0.3 is 5.32 Å². The van der Waals surface area contributed by atoms with Crippen molar-refractivity contribution < 1.29 is 13.2 Å². The Morgan fingerprint density at radius 2 is 1.91 bits per heavy atom. The molecule has 0 aliphatic carbocycles. The molecule has 3 aromatic rings. The highest BCUT2D eigenvalue weighted by atomic mass is 32.2. The molecule has 2 aromatic heterocycles. The number of hydrogen-bond donors (Lipinski definition) is 1. The number of piperidine rings is 1. The van der Waals surface area contributed by atoms with Crippen molar-refractivity contribution in [2.75, 3.05) is 18.4 Å². The van der Waals surface area contributed by atoms with Crippen molar-refractivity contribution in [3.63, 3.8) is 0 Å². The molecule has 1 aliphatic heterocycles. The highest BCUT2D eigenvalue weighted by Crippen LogP contribution is 2.28. The summed E-state index contributed by atoms with van der Waals surface area (Å²) in [5.74, 6) is 0.0910. The Bertz CT molecular complexity index is 1300. The number of anilines is 1. The van der Waals surface area contributed by atoms with E-state index in [9.17, 15) is 18.0 Å². The number of nitrogens with zero attached hydrogens (tertiary/aromatic N) is 3. The molecule has 4 rings (SSSR count). The number of pyridine rings is 1. The summed E-state index contributed by atoms with van der Waals surface area (Å²) in [6.07, 6.45) is 2.57. The molecule has 1 fully saturated rings. The van der Waals surface area contributed by atoms with Gasteiger partial charge in [0.05, 0.1) is 15.1 Å². The van der Waals surface area contributed by atoms with Gasteiger partial charge in [-0.1, -0.05) is 17.4 Å². The van der Waals surface area contributed by atoms with Crippen molar-refractivity contribution >= 4 is 43.3 Å². The number of nitrogens with one attached hydrogen (secondary N) is 1. The number of thiazole rings is 1. The minimum absolute atomic E-state index is 0.000934. The Hall–Kier alpha value is -2.56. The van der Waals surface area contributed by atoms with Crippen molar-refractivity contribution in [1.82, 2.24) is 13.9 Å². The van der Waals surface area contributed by atoms with Crippen LogP contribution >= 0.6 is 11.3 Å². The summed E-state index contributed by atoms with van der Waals surface area (Å²) in [6, 6.07) is 8.47. The van der Waals surface area contributed by atoms with Crippen LogP contribution in [-0.4, -0.2) is 41.3 Å². The maximum atomic E-state index is 13.2. The number of rotatable bonds is 5. The second-order valence-electron chi connectivity index (χ2n) is 8.35. The fourth-order valence-electron chi connectivity index (χ4n) is 3.94. The van der Waals surface area contributed by atoms with E-state index >= 15 is 0 Å². The van der Waals surface area contributed by atoms with Crippen molar-refractivity contribution in [1.29, 1.82) is 0 Å². The molecular weight excluding hydrogens is 448 g/mol. The van der Waals surface area contributed by atoms with E-state index in [4.69, 9.17) is 0 Å². The van der Waals surface area contributed by atoms with E-state index in [-0.39, 0.29) is 40.7 Å². The third kappa shape index (κ3) is 4.35. The highest BCUT2D eigenvalue weighted by Gasteiger charge is 2.32. The molecule has 8 nitrogen and oxygen atoms in total. The van der Waals surface area contributed by atoms with Crippen LogP contribution in [-0.2, 0) is 14.8 Å². The Kier molecular flexibility index (Phi) is 6.19. The van der Waals surface area contributed by atoms with Gasteiger partial charge in [-0.15, -0.1) is 0 Å². The lowest BCUT2D eigenvalue weighted by atomic mass is 9.97. The summed E-state index contributed by atoms with van der Waals surface area (Å²) in [6.45, 7) is 6.31. The third-order valence-electron chi connectivity index (χ3n) is 5.73. The average molecular weight is 475 g/mol. The van der Waals surface area contributed by atoms with E-state index in [1.165, 1.54) is 4.31 Å². The average Bonchev–Trinajstić information content (AvgIpc) is 3.10. The lowest BCUT2D eigenvalue weighted by Gasteiger charge is -2.30. The minimum Gasteiger partial charge on any atom is -0.310 e. The van der Waals surface area contributed by atoms with E-state index in [2.05, 4.69) is 10.3 Å². The van der Waals surface area contributed by atoms with Gasteiger partial charge in [-0.3, -0.25) is 14.2 Å². The maximum Gasteiger partial charge on any atom is 0.308 e. The largest absolute Gasteiger partial charge is 0.310 e. The molecule has 0 radical (unpaired) electrons. The number of aromatic nitrogens is 2. The summed E-state index contributed by atoms with van der Waals surface area (Å²) in [5.41, 5.74) is 1.75. The highest BCUT2D eigenvalue weighted by molar-refractivity contribution is 7.89. The van der Waals surface area contributed by atoms with Crippen LogP contribution in [0.1, 0.15) is 38.3 Å². The number of carbonyl (C=O) groups excluding carboxylic acids is 1. The van der Waals surface area contributed by atoms with Crippen LogP contribution in [0.25, 0.3) is 10.2 Å². The van der Waals surface area contributed by atoms with Crippen LogP contribution in [0, 0.1) is 12.8 Å². The predicted octanol–water partition coefficient (Wildman–Crippen LogP) is 3.39. The Morgan fingerprint density at radius 3 is 2.53 bits per heavy atom. The van der Waals surface area contributed by atoms with Crippen LogP contribution in [0.5, 0.6) is 0 Å². The molecule has 0 bridgehead atoms. The van der Waals surface area contributed by atoms with Crippen LogP contribution in [0.2, 0.25) is 0 Å². The molecule has 10 heteroatoms. The van der Waals surface area contributed by atoms with Gasteiger partial charge >= 0.3 is 4.87 Å². The van der Waals surface area contributed by atoms with Gasteiger partial charge in [0.2, 0.25) is 15.9 Å². The van der Waals surface area contributed by atoms with E-state index in [1.54, 1.807) is 35.0 Å². The molecule has 1 aromatic carbocycles. The van der Waals surface area contributed by atoms with Gasteiger partial charge in [-0.2, -0.15) is 4.31 Å². The number of amides is 1. The van der Waals surface area contributed by atoms with Gasteiger partial charge in [0.15, 0.2) is 0 Å². The number of hydrogen-bond acceptors (Lipinski definition) is 6. The van der Waals surface area contributed by atoms with E-state index in [1.807, 2.05) is 26.8 Å². The molecule has 1 aliphatic rings. The van der Waals surface area contributed by atoms with Crippen molar-refractivity contribution in [3.05, 3.63) is 51.8 Å². The second kappa shape index (κ2) is 8.76. The van der Waals surface area contributed by atoms with Crippen LogP contribution < -0.4 is 10.2 Å².